The molecule has 0 aliphatic rings. The highest BCUT2D eigenvalue weighted by atomic mass is 16.5. The first-order valence-electron chi connectivity index (χ1n) is 11.2. The van der Waals surface area contributed by atoms with Crippen LogP contribution < -0.4 is 19.5 Å². The van der Waals surface area contributed by atoms with Crippen molar-refractivity contribution in [3.8, 4) is 23.0 Å². The number of methoxy groups -OCH3 is 2. The molecule has 0 atom stereocenters. The van der Waals surface area contributed by atoms with Gasteiger partial charge in [-0.25, -0.2) is 0 Å². The zero-order chi connectivity index (χ0) is 24.2. The molecule has 0 fully saturated rings. The van der Waals surface area contributed by atoms with Crippen LogP contribution in [0.15, 0.2) is 91.1 Å². The first-order valence-corrected chi connectivity index (χ1v) is 11.2. The zero-order valence-corrected chi connectivity index (χ0v) is 19.4. The fourth-order valence-electron chi connectivity index (χ4n) is 4.06. The van der Waals surface area contributed by atoms with Gasteiger partial charge in [-0.1, -0.05) is 42.5 Å². The van der Waals surface area contributed by atoms with E-state index in [1.165, 1.54) is 0 Å². The van der Waals surface area contributed by atoms with Crippen LogP contribution in [0.4, 0.5) is 0 Å². The highest BCUT2D eigenvalue weighted by Gasteiger charge is 2.13. The number of hydrogen-bond acceptors (Lipinski definition) is 5. The number of nitrogens with one attached hydrogen (secondary N) is 1. The molecule has 1 amide bonds. The van der Waals surface area contributed by atoms with E-state index in [0.717, 1.165) is 27.2 Å². The maximum atomic E-state index is 12.9. The lowest BCUT2D eigenvalue weighted by molar-refractivity contribution is 0.0952. The van der Waals surface area contributed by atoms with Gasteiger partial charge in [-0.2, -0.15) is 0 Å². The van der Waals surface area contributed by atoms with E-state index in [9.17, 15) is 4.79 Å². The molecule has 1 aromatic heterocycles. The minimum Gasteiger partial charge on any atom is -0.493 e. The topological polar surface area (TPSA) is 69.7 Å². The fraction of sp³-hybridized carbons (Fsp3) is 0.103. The first-order chi connectivity index (χ1) is 17.2. The van der Waals surface area contributed by atoms with E-state index in [4.69, 9.17) is 14.2 Å². The Kier molecular flexibility index (Phi) is 6.18. The summed E-state index contributed by atoms with van der Waals surface area (Å²) in [5, 5.41) is 5.58. The van der Waals surface area contributed by atoms with Crippen LogP contribution >= 0.6 is 0 Å². The number of nitrogens with zero attached hydrogens (tertiary/aromatic N) is 1. The number of carbonyl (C=O) groups is 1. The van der Waals surface area contributed by atoms with E-state index in [1.54, 1.807) is 20.4 Å². The number of fused-ring (bicyclic) bond motifs is 2. The Morgan fingerprint density at radius 3 is 2.40 bits per heavy atom. The Labute approximate surface area is 203 Å². The number of ether oxygens (including phenoxy) is 3. The molecule has 1 heterocycles. The molecule has 0 bridgehead atoms. The Bertz CT molecular complexity index is 1520. The van der Waals surface area contributed by atoms with E-state index >= 15 is 0 Å². The number of hydrogen-bond donors (Lipinski definition) is 1. The summed E-state index contributed by atoms with van der Waals surface area (Å²) in [7, 11) is 3.19. The van der Waals surface area contributed by atoms with Crippen molar-refractivity contribution in [1.29, 1.82) is 0 Å². The van der Waals surface area contributed by atoms with Crippen LogP contribution in [0, 0.1) is 0 Å². The number of rotatable bonds is 7. The molecule has 6 heteroatoms. The van der Waals surface area contributed by atoms with Gasteiger partial charge in [0.1, 0.15) is 11.5 Å². The molecule has 35 heavy (non-hydrogen) atoms. The van der Waals surface area contributed by atoms with Gasteiger partial charge in [-0.3, -0.25) is 9.78 Å². The summed E-state index contributed by atoms with van der Waals surface area (Å²) in [4.78, 5) is 17.3. The maximum Gasteiger partial charge on any atom is 0.252 e. The third kappa shape index (κ3) is 4.59. The normalized spacial score (nSPS) is 10.8. The van der Waals surface area contributed by atoms with Crippen molar-refractivity contribution in [2.75, 3.05) is 14.2 Å². The molecule has 5 aromatic rings. The van der Waals surface area contributed by atoms with Crippen LogP contribution in [-0.2, 0) is 6.54 Å². The lowest BCUT2D eigenvalue weighted by Crippen LogP contribution is -2.22. The molecule has 4 aromatic carbocycles. The molecule has 6 nitrogen and oxygen atoms in total. The average molecular weight is 465 g/mol. The number of benzene rings is 4. The summed E-state index contributed by atoms with van der Waals surface area (Å²) in [6.07, 6.45) is 1.69. The van der Waals surface area contributed by atoms with Crippen LogP contribution in [0.25, 0.3) is 21.7 Å². The zero-order valence-electron chi connectivity index (χ0n) is 19.4. The summed E-state index contributed by atoms with van der Waals surface area (Å²) in [5.74, 6) is 2.39. The Balaban J connectivity index is 1.43. The summed E-state index contributed by atoms with van der Waals surface area (Å²) < 4.78 is 17.1. The molecular formula is C29H24N2O4. The summed E-state index contributed by atoms with van der Waals surface area (Å²) in [5.41, 5.74) is 2.41. The van der Waals surface area contributed by atoms with Gasteiger partial charge in [0.25, 0.3) is 5.91 Å². The van der Waals surface area contributed by atoms with Gasteiger partial charge in [-0.05, 0) is 52.7 Å². The summed E-state index contributed by atoms with van der Waals surface area (Å²) in [6.45, 7) is 0.473. The van der Waals surface area contributed by atoms with Crippen molar-refractivity contribution in [1.82, 2.24) is 10.3 Å². The highest BCUT2D eigenvalue weighted by Crippen LogP contribution is 2.37. The fourth-order valence-corrected chi connectivity index (χ4v) is 4.06. The second-order valence-electron chi connectivity index (χ2n) is 7.99. The van der Waals surface area contributed by atoms with E-state index < -0.39 is 0 Å². The lowest BCUT2D eigenvalue weighted by atomic mass is 10.0. The molecule has 174 valence electrons. The van der Waals surface area contributed by atoms with Crippen molar-refractivity contribution < 1.29 is 19.0 Å². The molecule has 0 aliphatic heterocycles. The van der Waals surface area contributed by atoms with Crippen LogP contribution in [0.1, 0.15) is 15.9 Å². The largest absolute Gasteiger partial charge is 0.493 e. The molecule has 5 rings (SSSR count). The number of carbonyl (C=O) groups excluding carboxylic acids is 1. The summed E-state index contributed by atoms with van der Waals surface area (Å²) >= 11 is 0. The van der Waals surface area contributed by atoms with E-state index in [0.29, 0.717) is 35.1 Å². The van der Waals surface area contributed by atoms with Crippen molar-refractivity contribution in [2.24, 2.45) is 0 Å². The second kappa shape index (κ2) is 9.73. The predicted molar refractivity (Wildman–Crippen MR) is 136 cm³/mol. The Morgan fingerprint density at radius 1 is 0.800 bits per heavy atom. The highest BCUT2D eigenvalue weighted by molar-refractivity contribution is 6.07. The molecule has 0 radical (unpaired) electrons. The van der Waals surface area contributed by atoms with Gasteiger partial charge >= 0.3 is 0 Å². The monoisotopic (exact) mass is 464 g/mol. The molecule has 0 unspecified atom stereocenters. The Morgan fingerprint density at radius 2 is 1.60 bits per heavy atom. The van der Waals surface area contributed by atoms with Gasteiger partial charge in [0.05, 0.1) is 19.7 Å². The van der Waals surface area contributed by atoms with Crippen molar-refractivity contribution in [3.63, 3.8) is 0 Å². The van der Waals surface area contributed by atoms with Gasteiger partial charge in [0.2, 0.25) is 0 Å². The van der Waals surface area contributed by atoms with Gasteiger partial charge in [-0.15, -0.1) is 0 Å². The maximum absolute atomic E-state index is 12.9. The minimum absolute atomic E-state index is 0.116. The molecule has 1 N–H and O–H groups in total. The van der Waals surface area contributed by atoms with E-state index in [1.807, 2.05) is 84.9 Å². The van der Waals surface area contributed by atoms with E-state index in [-0.39, 0.29) is 5.91 Å². The second-order valence-corrected chi connectivity index (χ2v) is 7.99. The van der Waals surface area contributed by atoms with Gasteiger partial charge < -0.3 is 19.5 Å². The smallest absolute Gasteiger partial charge is 0.252 e. The number of pyridine rings is 1. The third-order valence-electron chi connectivity index (χ3n) is 5.83. The SMILES string of the molecule is COc1cc2nccc(Oc3ccc4c(C(=O)NCc5ccccc5)cccc4c3)c2cc1OC. The molecule has 0 saturated carbocycles. The van der Waals surface area contributed by atoms with Gasteiger partial charge in [0, 0.05) is 29.8 Å². The van der Waals surface area contributed by atoms with Crippen LogP contribution in [0.3, 0.4) is 0 Å². The molecule has 0 spiro atoms. The number of aromatic nitrogens is 1. The quantitative estimate of drug-likeness (QED) is 0.314. The van der Waals surface area contributed by atoms with Crippen LogP contribution in [-0.4, -0.2) is 25.1 Å². The van der Waals surface area contributed by atoms with Gasteiger partial charge in [0.15, 0.2) is 11.5 Å². The molecule has 0 aliphatic carbocycles. The lowest BCUT2D eigenvalue weighted by Gasteiger charge is -2.13. The number of amides is 1. The van der Waals surface area contributed by atoms with Crippen LogP contribution in [0.5, 0.6) is 23.0 Å². The first kappa shape index (κ1) is 22.2. The minimum atomic E-state index is -0.116. The van der Waals surface area contributed by atoms with Crippen molar-refractivity contribution in [2.45, 2.75) is 6.54 Å². The Hall–Kier alpha value is -4.58. The van der Waals surface area contributed by atoms with Crippen molar-refractivity contribution >= 4 is 27.6 Å². The molecular weight excluding hydrogens is 440 g/mol. The predicted octanol–water partition coefficient (Wildman–Crippen LogP) is 6.13. The van der Waals surface area contributed by atoms with Crippen molar-refractivity contribution in [3.05, 3.63) is 102 Å². The average Bonchev–Trinajstić information content (AvgIpc) is 2.91. The van der Waals surface area contributed by atoms with E-state index in [2.05, 4.69) is 10.3 Å². The van der Waals surface area contributed by atoms with Crippen LogP contribution in [0.2, 0.25) is 0 Å². The standard InChI is InChI=1S/C29H24N2O4/c1-33-27-16-24-25(17-28(27)34-2)30-14-13-26(24)35-21-11-12-22-20(15-21)9-6-10-23(22)29(32)31-18-19-7-4-3-5-8-19/h3-17H,18H2,1-2H3,(H,31,32). The molecule has 0 saturated heterocycles. The third-order valence-corrected chi connectivity index (χ3v) is 5.83. The summed E-state index contributed by atoms with van der Waals surface area (Å²) in [6, 6.07) is 26.7.